The molecule has 0 fully saturated rings. The number of benzene rings is 1. The summed E-state index contributed by atoms with van der Waals surface area (Å²) in [5.41, 5.74) is 2.29. The lowest BCUT2D eigenvalue weighted by Gasteiger charge is -2.09. The standard InChI is InChI=1S/C12H10Br3NO/c1-7-9(13)3-2-4-11(7)16-6-8-5-10(14)12(15)17-8/h2-5,16H,6H2,1H3. The quantitative estimate of drug-likeness (QED) is 0.706. The second kappa shape index (κ2) is 5.59. The Balaban J connectivity index is 2.10. The minimum Gasteiger partial charge on any atom is -0.451 e. The summed E-state index contributed by atoms with van der Waals surface area (Å²) in [5, 5.41) is 3.35. The summed E-state index contributed by atoms with van der Waals surface area (Å²) in [4.78, 5) is 0. The molecular formula is C12H10Br3NO. The van der Waals surface area contributed by atoms with Gasteiger partial charge in [-0.05, 0) is 62.5 Å². The maximum Gasteiger partial charge on any atom is 0.183 e. The van der Waals surface area contributed by atoms with E-state index in [0.717, 1.165) is 25.1 Å². The van der Waals surface area contributed by atoms with Crippen molar-refractivity contribution in [2.75, 3.05) is 5.32 Å². The molecule has 1 heterocycles. The van der Waals surface area contributed by atoms with Gasteiger partial charge in [-0.3, -0.25) is 0 Å². The van der Waals surface area contributed by atoms with E-state index in [0.29, 0.717) is 6.54 Å². The van der Waals surface area contributed by atoms with E-state index in [1.54, 1.807) is 0 Å². The number of hydrogen-bond acceptors (Lipinski definition) is 2. The normalized spacial score (nSPS) is 10.6. The monoisotopic (exact) mass is 421 g/mol. The SMILES string of the molecule is Cc1c(Br)cccc1NCc1cc(Br)c(Br)o1. The van der Waals surface area contributed by atoms with Gasteiger partial charge in [0.25, 0.3) is 0 Å². The van der Waals surface area contributed by atoms with Crippen molar-refractivity contribution in [2.24, 2.45) is 0 Å². The first kappa shape index (κ1) is 13.2. The van der Waals surface area contributed by atoms with Crippen molar-refractivity contribution >= 4 is 53.5 Å². The van der Waals surface area contributed by atoms with Gasteiger partial charge < -0.3 is 9.73 Å². The summed E-state index contributed by atoms with van der Waals surface area (Å²) in [7, 11) is 0. The summed E-state index contributed by atoms with van der Waals surface area (Å²) < 4.78 is 8.26. The maximum atomic E-state index is 5.50. The van der Waals surface area contributed by atoms with Crippen LogP contribution < -0.4 is 5.32 Å². The first-order valence-corrected chi connectivity index (χ1v) is 7.38. The lowest BCUT2D eigenvalue weighted by atomic mass is 10.2. The van der Waals surface area contributed by atoms with Crippen LogP contribution in [0.1, 0.15) is 11.3 Å². The molecule has 0 saturated carbocycles. The van der Waals surface area contributed by atoms with Gasteiger partial charge in [0.05, 0.1) is 11.0 Å². The predicted octanol–water partition coefficient (Wildman–Crippen LogP) is 5.49. The fourth-order valence-electron chi connectivity index (χ4n) is 1.46. The Labute approximate surface area is 125 Å². The Hall–Kier alpha value is -0.260. The molecule has 5 heteroatoms. The van der Waals surface area contributed by atoms with Crippen LogP contribution in [0.3, 0.4) is 0 Å². The largest absolute Gasteiger partial charge is 0.451 e. The average molecular weight is 424 g/mol. The zero-order valence-corrected chi connectivity index (χ0v) is 13.8. The molecule has 1 N–H and O–H groups in total. The smallest absolute Gasteiger partial charge is 0.183 e. The molecule has 0 aliphatic carbocycles. The minimum absolute atomic E-state index is 0.654. The number of hydrogen-bond donors (Lipinski definition) is 1. The van der Waals surface area contributed by atoms with Gasteiger partial charge in [0.2, 0.25) is 0 Å². The van der Waals surface area contributed by atoms with Crippen LogP contribution in [0.25, 0.3) is 0 Å². The zero-order chi connectivity index (χ0) is 12.4. The zero-order valence-electron chi connectivity index (χ0n) is 9.06. The summed E-state index contributed by atoms with van der Waals surface area (Å²) >= 11 is 10.2. The van der Waals surface area contributed by atoms with Crippen molar-refractivity contribution in [3.63, 3.8) is 0 Å². The molecule has 0 atom stereocenters. The van der Waals surface area contributed by atoms with Crippen LogP contribution in [0.5, 0.6) is 0 Å². The Morgan fingerprint density at radius 2 is 1.94 bits per heavy atom. The lowest BCUT2D eigenvalue weighted by Crippen LogP contribution is -2.00. The Kier molecular flexibility index (Phi) is 4.33. The fraction of sp³-hybridized carbons (Fsp3) is 0.167. The molecule has 0 spiro atoms. The Bertz CT molecular complexity index is 517. The van der Waals surface area contributed by atoms with Crippen molar-refractivity contribution < 1.29 is 4.42 Å². The van der Waals surface area contributed by atoms with E-state index in [2.05, 4.69) is 60.0 Å². The third kappa shape index (κ3) is 3.14. The van der Waals surface area contributed by atoms with Crippen LogP contribution in [-0.4, -0.2) is 0 Å². The van der Waals surface area contributed by atoms with E-state index in [1.807, 2.05) is 24.3 Å². The summed E-state index contributed by atoms with van der Waals surface area (Å²) in [5.74, 6) is 0.878. The highest BCUT2D eigenvalue weighted by Gasteiger charge is 2.07. The highest BCUT2D eigenvalue weighted by molar-refractivity contribution is 9.13. The fourth-order valence-corrected chi connectivity index (χ4v) is 2.48. The van der Waals surface area contributed by atoms with Crippen LogP contribution in [0, 0.1) is 6.92 Å². The van der Waals surface area contributed by atoms with E-state index in [1.165, 1.54) is 5.56 Å². The Morgan fingerprint density at radius 1 is 1.18 bits per heavy atom. The van der Waals surface area contributed by atoms with Crippen molar-refractivity contribution in [1.82, 2.24) is 0 Å². The van der Waals surface area contributed by atoms with Crippen LogP contribution in [0.4, 0.5) is 5.69 Å². The molecule has 2 rings (SSSR count). The van der Waals surface area contributed by atoms with E-state index < -0.39 is 0 Å². The number of rotatable bonds is 3. The van der Waals surface area contributed by atoms with Crippen molar-refractivity contribution in [1.29, 1.82) is 0 Å². The van der Waals surface area contributed by atoms with E-state index >= 15 is 0 Å². The number of halogens is 3. The van der Waals surface area contributed by atoms with Gasteiger partial charge in [-0.2, -0.15) is 0 Å². The molecular weight excluding hydrogens is 414 g/mol. The summed E-state index contributed by atoms with van der Waals surface area (Å²) in [6.07, 6.45) is 0. The molecule has 0 unspecified atom stereocenters. The van der Waals surface area contributed by atoms with Crippen molar-refractivity contribution in [3.8, 4) is 0 Å². The molecule has 1 aromatic carbocycles. The van der Waals surface area contributed by atoms with E-state index in [4.69, 9.17) is 4.42 Å². The molecule has 90 valence electrons. The van der Waals surface area contributed by atoms with Crippen molar-refractivity contribution in [3.05, 3.63) is 49.2 Å². The molecule has 17 heavy (non-hydrogen) atoms. The van der Waals surface area contributed by atoms with Gasteiger partial charge in [0.15, 0.2) is 4.67 Å². The lowest BCUT2D eigenvalue weighted by molar-refractivity contribution is 0.494. The number of anilines is 1. The van der Waals surface area contributed by atoms with Gasteiger partial charge in [0.1, 0.15) is 5.76 Å². The second-order valence-corrected chi connectivity index (χ2v) is 6.03. The molecule has 2 aromatic rings. The predicted molar refractivity (Wildman–Crippen MR) is 80.3 cm³/mol. The van der Waals surface area contributed by atoms with Gasteiger partial charge >= 0.3 is 0 Å². The third-order valence-electron chi connectivity index (χ3n) is 2.42. The van der Waals surface area contributed by atoms with Crippen LogP contribution in [0.2, 0.25) is 0 Å². The van der Waals surface area contributed by atoms with Crippen LogP contribution in [0.15, 0.2) is 42.3 Å². The molecule has 0 saturated heterocycles. The maximum absolute atomic E-state index is 5.50. The Morgan fingerprint density at radius 3 is 2.59 bits per heavy atom. The van der Waals surface area contributed by atoms with Gasteiger partial charge in [-0.1, -0.05) is 22.0 Å². The van der Waals surface area contributed by atoms with Gasteiger partial charge in [-0.15, -0.1) is 0 Å². The molecule has 1 aromatic heterocycles. The first-order valence-electron chi connectivity index (χ1n) is 5.00. The summed E-state index contributed by atoms with van der Waals surface area (Å²) in [6.45, 7) is 2.72. The second-order valence-electron chi connectivity index (χ2n) is 3.60. The van der Waals surface area contributed by atoms with Crippen LogP contribution >= 0.6 is 47.8 Å². The molecule has 0 aliphatic heterocycles. The number of furan rings is 1. The molecule has 0 bridgehead atoms. The number of nitrogens with one attached hydrogen (secondary N) is 1. The molecule has 0 aliphatic rings. The average Bonchev–Trinajstić information content (AvgIpc) is 2.61. The molecule has 2 nitrogen and oxygen atoms in total. The first-order chi connectivity index (χ1) is 8.08. The van der Waals surface area contributed by atoms with Gasteiger partial charge in [-0.25, -0.2) is 0 Å². The molecule has 0 radical (unpaired) electrons. The highest BCUT2D eigenvalue weighted by atomic mass is 79.9. The van der Waals surface area contributed by atoms with Crippen molar-refractivity contribution in [2.45, 2.75) is 13.5 Å². The molecule has 0 amide bonds. The highest BCUT2D eigenvalue weighted by Crippen LogP contribution is 2.28. The topological polar surface area (TPSA) is 25.2 Å². The van der Waals surface area contributed by atoms with E-state index in [9.17, 15) is 0 Å². The third-order valence-corrected chi connectivity index (χ3v) is 4.99. The van der Waals surface area contributed by atoms with Gasteiger partial charge in [0, 0.05) is 10.2 Å². The minimum atomic E-state index is 0.654. The van der Waals surface area contributed by atoms with Crippen LogP contribution in [-0.2, 0) is 6.54 Å². The van der Waals surface area contributed by atoms with E-state index in [-0.39, 0.29) is 0 Å². The summed E-state index contributed by atoms with van der Waals surface area (Å²) in [6, 6.07) is 8.03.